The molecule has 3 rings (SSSR count). The van der Waals surface area contributed by atoms with Crippen molar-refractivity contribution in [2.45, 2.75) is 20.8 Å². The number of carbonyl (C=O) groups excluding carboxylic acids is 1. The monoisotopic (exact) mass is 332 g/mol. The smallest absolute Gasteiger partial charge is 0.258 e. The number of hydrogen-bond donors (Lipinski definition) is 2. The average Bonchev–Trinajstić information content (AvgIpc) is 2.59. The molecule has 0 aliphatic rings. The first-order valence-electron chi connectivity index (χ1n) is 8.05. The molecule has 1 aromatic heterocycles. The summed E-state index contributed by atoms with van der Waals surface area (Å²) in [5.74, 6) is 0.221. The fourth-order valence-electron chi connectivity index (χ4n) is 2.38. The predicted molar refractivity (Wildman–Crippen MR) is 100 cm³/mol. The zero-order valence-electron chi connectivity index (χ0n) is 14.5. The van der Waals surface area contributed by atoms with Crippen LogP contribution in [0.3, 0.4) is 0 Å². The molecule has 0 saturated carbocycles. The van der Waals surface area contributed by atoms with Crippen LogP contribution in [-0.2, 0) is 0 Å². The number of aryl methyl sites for hydroxylation is 3. The van der Waals surface area contributed by atoms with Gasteiger partial charge in [0.1, 0.15) is 0 Å². The van der Waals surface area contributed by atoms with E-state index >= 15 is 0 Å². The summed E-state index contributed by atoms with van der Waals surface area (Å²) in [7, 11) is 0. The standard InChI is InChI=1S/C20H20N4O/c1-13-5-4-6-17(9-13)24-20-21-11-16(12-22-20)19(25)23-18-8-7-14(2)15(3)10-18/h4-12H,1-3H3,(H,23,25)(H,21,22,24). The van der Waals surface area contributed by atoms with Gasteiger partial charge in [0.05, 0.1) is 5.56 Å². The van der Waals surface area contributed by atoms with Crippen molar-refractivity contribution in [2.75, 3.05) is 10.6 Å². The molecular weight excluding hydrogens is 312 g/mol. The van der Waals surface area contributed by atoms with Crippen LogP contribution in [-0.4, -0.2) is 15.9 Å². The van der Waals surface area contributed by atoms with E-state index in [9.17, 15) is 4.79 Å². The molecule has 0 saturated heterocycles. The molecule has 25 heavy (non-hydrogen) atoms. The first-order valence-corrected chi connectivity index (χ1v) is 8.05. The van der Waals surface area contributed by atoms with Gasteiger partial charge in [-0.05, 0) is 61.7 Å². The molecule has 5 nitrogen and oxygen atoms in total. The van der Waals surface area contributed by atoms with Crippen LogP contribution in [0.1, 0.15) is 27.0 Å². The van der Waals surface area contributed by atoms with Gasteiger partial charge in [-0.25, -0.2) is 9.97 Å². The Balaban J connectivity index is 1.68. The summed E-state index contributed by atoms with van der Waals surface area (Å²) in [5.41, 5.74) is 5.55. The molecule has 0 spiro atoms. The van der Waals surface area contributed by atoms with Crippen LogP contribution in [0.15, 0.2) is 54.9 Å². The van der Waals surface area contributed by atoms with Gasteiger partial charge in [0.15, 0.2) is 0 Å². The van der Waals surface area contributed by atoms with Crippen molar-refractivity contribution < 1.29 is 4.79 Å². The number of rotatable bonds is 4. The van der Waals surface area contributed by atoms with E-state index in [2.05, 4.69) is 20.6 Å². The highest BCUT2D eigenvalue weighted by molar-refractivity contribution is 6.03. The molecule has 0 radical (unpaired) electrons. The van der Waals surface area contributed by atoms with Crippen molar-refractivity contribution in [3.8, 4) is 0 Å². The Morgan fingerprint density at radius 3 is 2.32 bits per heavy atom. The van der Waals surface area contributed by atoms with E-state index in [1.54, 1.807) is 0 Å². The maximum Gasteiger partial charge on any atom is 0.258 e. The van der Waals surface area contributed by atoms with Gasteiger partial charge in [0.2, 0.25) is 5.95 Å². The number of anilines is 3. The summed E-state index contributed by atoms with van der Waals surface area (Å²) in [6.45, 7) is 6.07. The predicted octanol–water partition coefficient (Wildman–Crippen LogP) is 4.40. The summed E-state index contributed by atoms with van der Waals surface area (Å²) in [6.07, 6.45) is 3.03. The van der Waals surface area contributed by atoms with Gasteiger partial charge in [-0.15, -0.1) is 0 Å². The van der Waals surface area contributed by atoms with Gasteiger partial charge in [-0.1, -0.05) is 18.2 Å². The van der Waals surface area contributed by atoms with Gasteiger partial charge in [0, 0.05) is 23.8 Å². The van der Waals surface area contributed by atoms with Crippen molar-refractivity contribution in [1.82, 2.24) is 9.97 Å². The van der Waals surface area contributed by atoms with Crippen molar-refractivity contribution in [2.24, 2.45) is 0 Å². The minimum absolute atomic E-state index is 0.231. The molecule has 0 bridgehead atoms. The highest BCUT2D eigenvalue weighted by Gasteiger charge is 2.08. The Hall–Kier alpha value is -3.21. The van der Waals surface area contributed by atoms with Crippen molar-refractivity contribution in [1.29, 1.82) is 0 Å². The summed E-state index contributed by atoms with van der Waals surface area (Å²) < 4.78 is 0. The van der Waals surface area contributed by atoms with E-state index < -0.39 is 0 Å². The molecule has 3 aromatic rings. The van der Waals surface area contributed by atoms with Crippen LogP contribution in [0.5, 0.6) is 0 Å². The minimum atomic E-state index is -0.231. The van der Waals surface area contributed by atoms with Crippen LogP contribution in [0.4, 0.5) is 17.3 Å². The van der Waals surface area contributed by atoms with Crippen LogP contribution in [0.25, 0.3) is 0 Å². The summed E-state index contributed by atoms with van der Waals surface area (Å²) in [4.78, 5) is 20.7. The van der Waals surface area contributed by atoms with Crippen molar-refractivity contribution >= 4 is 23.2 Å². The zero-order valence-corrected chi connectivity index (χ0v) is 14.5. The average molecular weight is 332 g/mol. The molecule has 0 fully saturated rings. The first kappa shape index (κ1) is 16.6. The summed E-state index contributed by atoms with van der Waals surface area (Å²) in [6, 6.07) is 13.7. The Bertz CT molecular complexity index is 904. The molecular formula is C20H20N4O. The molecule has 2 N–H and O–H groups in total. The number of carbonyl (C=O) groups is 1. The Morgan fingerprint density at radius 2 is 1.64 bits per heavy atom. The van der Waals surface area contributed by atoms with Crippen LogP contribution >= 0.6 is 0 Å². The van der Waals surface area contributed by atoms with Gasteiger partial charge < -0.3 is 10.6 Å². The molecule has 1 heterocycles. The van der Waals surface area contributed by atoms with E-state index in [0.29, 0.717) is 11.5 Å². The zero-order chi connectivity index (χ0) is 17.8. The second-order valence-electron chi connectivity index (χ2n) is 6.04. The van der Waals surface area contributed by atoms with E-state index in [1.807, 2.05) is 63.2 Å². The van der Waals surface area contributed by atoms with E-state index in [0.717, 1.165) is 22.5 Å². The third-order valence-electron chi connectivity index (χ3n) is 3.95. The molecule has 0 atom stereocenters. The van der Waals surface area contributed by atoms with Crippen LogP contribution < -0.4 is 10.6 Å². The van der Waals surface area contributed by atoms with E-state index in [4.69, 9.17) is 0 Å². The van der Waals surface area contributed by atoms with Crippen molar-refractivity contribution in [3.63, 3.8) is 0 Å². The van der Waals surface area contributed by atoms with Crippen LogP contribution in [0.2, 0.25) is 0 Å². The van der Waals surface area contributed by atoms with Gasteiger partial charge in [-0.3, -0.25) is 4.79 Å². The Labute approximate surface area is 147 Å². The number of aromatic nitrogens is 2. The highest BCUT2D eigenvalue weighted by Crippen LogP contribution is 2.16. The second-order valence-corrected chi connectivity index (χ2v) is 6.04. The van der Waals surface area contributed by atoms with Gasteiger partial charge in [-0.2, -0.15) is 0 Å². The first-order chi connectivity index (χ1) is 12.0. The molecule has 2 aromatic carbocycles. The largest absolute Gasteiger partial charge is 0.324 e. The lowest BCUT2D eigenvalue weighted by Crippen LogP contribution is -2.13. The molecule has 5 heteroatoms. The fourth-order valence-corrected chi connectivity index (χ4v) is 2.38. The lowest BCUT2D eigenvalue weighted by molar-refractivity contribution is 0.102. The molecule has 0 aliphatic heterocycles. The van der Waals surface area contributed by atoms with Crippen molar-refractivity contribution in [3.05, 3.63) is 77.1 Å². The SMILES string of the molecule is Cc1cccc(Nc2ncc(C(=O)Nc3ccc(C)c(C)c3)cn2)c1. The summed E-state index contributed by atoms with van der Waals surface area (Å²) in [5, 5.41) is 5.98. The lowest BCUT2D eigenvalue weighted by atomic mass is 10.1. The number of nitrogens with one attached hydrogen (secondary N) is 2. The second kappa shape index (κ2) is 7.13. The lowest BCUT2D eigenvalue weighted by Gasteiger charge is -2.08. The number of hydrogen-bond acceptors (Lipinski definition) is 4. The minimum Gasteiger partial charge on any atom is -0.324 e. The molecule has 0 unspecified atom stereocenters. The third-order valence-corrected chi connectivity index (χ3v) is 3.95. The maximum absolute atomic E-state index is 12.3. The normalized spacial score (nSPS) is 10.4. The topological polar surface area (TPSA) is 66.9 Å². The maximum atomic E-state index is 12.3. The number of nitrogens with zero attached hydrogens (tertiary/aromatic N) is 2. The molecule has 1 amide bonds. The van der Waals surface area contributed by atoms with Gasteiger partial charge >= 0.3 is 0 Å². The quantitative estimate of drug-likeness (QED) is 0.743. The number of benzene rings is 2. The third kappa shape index (κ3) is 4.20. The summed E-state index contributed by atoms with van der Waals surface area (Å²) >= 11 is 0. The number of amides is 1. The van der Waals surface area contributed by atoms with Gasteiger partial charge in [0.25, 0.3) is 5.91 Å². The Kier molecular flexibility index (Phi) is 4.75. The fraction of sp³-hybridized carbons (Fsp3) is 0.150. The highest BCUT2D eigenvalue weighted by atomic mass is 16.1. The molecule has 126 valence electrons. The van der Waals surface area contributed by atoms with E-state index in [1.165, 1.54) is 18.0 Å². The van der Waals surface area contributed by atoms with E-state index in [-0.39, 0.29) is 5.91 Å². The molecule has 0 aliphatic carbocycles. The Morgan fingerprint density at radius 1 is 0.880 bits per heavy atom. The van der Waals surface area contributed by atoms with Crippen LogP contribution in [0, 0.1) is 20.8 Å².